The molecule has 0 unspecified atom stereocenters. The lowest BCUT2D eigenvalue weighted by Crippen LogP contribution is -2.10. The molecule has 3 nitrogen and oxygen atoms in total. The molecule has 0 heterocycles. The van der Waals surface area contributed by atoms with E-state index >= 15 is 0 Å². The molecule has 0 spiro atoms. The van der Waals surface area contributed by atoms with Gasteiger partial charge in [-0.3, -0.25) is 4.85 Å². The van der Waals surface area contributed by atoms with Crippen molar-refractivity contribution in [1.29, 1.82) is 0 Å². The van der Waals surface area contributed by atoms with Gasteiger partial charge in [0.05, 0.1) is 10.5 Å². The summed E-state index contributed by atoms with van der Waals surface area (Å²) >= 11 is 0. The highest BCUT2D eigenvalue weighted by Crippen LogP contribution is 2.31. The number of benzene rings is 3. The van der Waals surface area contributed by atoms with E-state index in [0.29, 0.717) is 5.56 Å². The molecule has 0 saturated heterocycles. The van der Waals surface area contributed by atoms with Crippen LogP contribution in [0.5, 0.6) is 0 Å². The van der Waals surface area contributed by atoms with Crippen molar-refractivity contribution in [3.63, 3.8) is 0 Å². The van der Waals surface area contributed by atoms with Gasteiger partial charge in [0.25, 0.3) is 9.84 Å². The average molecular weight is 347 g/mol. The highest BCUT2D eigenvalue weighted by molar-refractivity contribution is 7.91. The quantitative estimate of drug-likeness (QED) is 0.619. The van der Waals surface area contributed by atoms with Gasteiger partial charge in [0.2, 0.25) is 0 Å². The third-order valence-electron chi connectivity index (χ3n) is 4.06. The summed E-state index contributed by atoms with van der Waals surface area (Å²) in [6.45, 7) is 9.30. The number of nitrogens with zero attached hydrogens (tertiary/aromatic N) is 1. The van der Waals surface area contributed by atoms with Crippen LogP contribution in [0.25, 0.3) is 16.0 Å². The largest absolute Gasteiger partial charge is 0.350 e. The molecule has 4 heteroatoms. The van der Waals surface area contributed by atoms with Gasteiger partial charge in [-0.2, -0.15) is 0 Å². The van der Waals surface area contributed by atoms with Gasteiger partial charge < -0.3 is 0 Å². The molecular weight excluding hydrogens is 330 g/mol. The smallest absolute Gasteiger partial charge is 0.291 e. The molecular formula is C21H17NO2S. The van der Waals surface area contributed by atoms with Crippen LogP contribution in [0.4, 0.5) is 0 Å². The van der Waals surface area contributed by atoms with Crippen molar-refractivity contribution < 1.29 is 8.42 Å². The Morgan fingerprint density at radius 3 is 1.92 bits per heavy atom. The van der Waals surface area contributed by atoms with Crippen molar-refractivity contribution in [1.82, 2.24) is 0 Å². The first-order chi connectivity index (χ1) is 12.0. The summed E-state index contributed by atoms with van der Waals surface area (Å²) in [7, 11) is -3.75. The van der Waals surface area contributed by atoms with Crippen molar-refractivity contribution in [2.45, 2.75) is 17.2 Å². The normalized spacial score (nSPS) is 12.3. The van der Waals surface area contributed by atoms with E-state index in [1.807, 2.05) is 49.4 Å². The number of hydrogen-bond donors (Lipinski definition) is 0. The minimum atomic E-state index is -3.75. The summed E-state index contributed by atoms with van der Waals surface area (Å²) in [4.78, 5) is 3.57. The van der Waals surface area contributed by atoms with E-state index in [0.717, 1.165) is 16.7 Å². The third-order valence-corrected chi connectivity index (χ3v) is 5.96. The molecule has 3 rings (SSSR count). The topological polar surface area (TPSA) is 38.5 Å². The molecule has 124 valence electrons. The second-order valence-electron chi connectivity index (χ2n) is 5.83. The first kappa shape index (κ1) is 16.9. The lowest BCUT2D eigenvalue weighted by molar-refractivity contribution is 0.590. The fourth-order valence-corrected chi connectivity index (χ4v) is 4.08. The molecule has 0 aliphatic rings. The zero-order valence-electron chi connectivity index (χ0n) is 13.8. The highest BCUT2D eigenvalue weighted by Gasteiger charge is 2.34. The van der Waals surface area contributed by atoms with Crippen LogP contribution >= 0.6 is 0 Å². The van der Waals surface area contributed by atoms with Crippen molar-refractivity contribution in [2.75, 3.05) is 0 Å². The van der Waals surface area contributed by atoms with E-state index in [4.69, 9.17) is 6.57 Å². The summed E-state index contributed by atoms with van der Waals surface area (Å²) in [6.07, 6.45) is 0. The van der Waals surface area contributed by atoms with E-state index in [1.165, 1.54) is 0 Å². The summed E-state index contributed by atoms with van der Waals surface area (Å²) in [5.41, 5.74) is 3.50. The van der Waals surface area contributed by atoms with E-state index in [-0.39, 0.29) is 4.90 Å². The predicted octanol–water partition coefficient (Wildman–Crippen LogP) is 5.05. The number of hydrogen-bond acceptors (Lipinski definition) is 2. The van der Waals surface area contributed by atoms with Crippen LogP contribution in [-0.2, 0) is 9.84 Å². The first-order valence-electron chi connectivity index (χ1n) is 7.85. The Morgan fingerprint density at radius 1 is 0.800 bits per heavy atom. The molecule has 3 aromatic carbocycles. The zero-order chi connectivity index (χ0) is 17.9. The van der Waals surface area contributed by atoms with Crippen LogP contribution in [0.2, 0.25) is 0 Å². The van der Waals surface area contributed by atoms with Gasteiger partial charge in [-0.25, -0.2) is 15.0 Å². The predicted molar refractivity (Wildman–Crippen MR) is 99.6 cm³/mol. The second kappa shape index (κ2) is 6.92. The van der Waals surface area contributed by atoms with Gasteiger partial charge in [-0.05, 0) is 42.3 Å². The number of aryl methyl sites for hydroxylation is 1. The summed E-state index contributed by atoms with van der Waals surface area (Å²) in [5.74, 6) is 0. The summed E-state index contributed by atoms with van der Waals surface area (Å²) in [6, 6.07) is 23.6. The summed E-state index contributed by atoms with van der Waals surface area (Å²) < 4.78 is 25.6. The van der Waals surface area contributed by atoms with Gasteiger partial charge in [-0.1, -0.05) is 60.2 Å². The van der Waals surface area contributed by atoms with Gasteiger partial charge in [0, 0.05) is 0 Å². The fourth-order valence-electron chi connectivity index (χ4n) is 2.65. The first-order valence-corrected chi connectivity index (χ1v) is 9.39. The SMILES string of the molecule is [C-]#[N+][C@H](c1ccc(-c2ccccc2)cc1)S(=O)(=O)c1ccc(C)cc1. The maximum Gasteiger partial charge on any atom is 0.350 e. The van der Waals surface area contributed by atoms with Gasteiger partial charge in [-0.15, -0.1) is 0 Å². The monoisotopic (exact) mass is 347 g/mol. The maximum atomic E-state index is 12.8. The Morgan fingerprint density at radius 2 is 1.36 bits per heavy atom. The zero-order valence-corrected chi connectivity index (χ0v) is 14.6. The molecule has 0 aromatic heterocycles. The molecule has 0 amide bonds. The Labute approximate surface area is 148 Å². The molecule has 0 saturated carbocycles. The van der Waals surface area contributed by atoms with Crippen LogP contribution in [0, 0.1) is 13.5 Å². The number of sulfone groups is 1. The van der Waals surface area contributed by atoms with Crippen LogP contribution in [-0.4, -0.2) is 8.42 Å². The van der Waals surface area contributed by atoms with Gasteiger partial charge in [0.15, 0.2) is 0 Å². The van der Waals surface area contributed by atoms with Crippen LogP contribution in [0.1, 0.15) is 16.5 Å². The Kier molecular flexibility index (Phi) is 4.69. The van der Waals surface area contributed by atoms with Gasteiger partial charge in [0.1, 0.15) is 0 Å². The van der Waals surface area contributed by atoms with E-state index < -0.39 is 15.2 Å². The van der Waals surface area contributed by atoms with Crippen LogP contribution in [0.3, 0.4) is 0 Å². The molecule has 1 atom stereocenters. The standard InChI is InChI=1S/C21H17NO2S/c1-16-8-14-20(15-9-16)25(23,24)21(22-2)19-12-10-18(11-13-19)17-6-4-3-5-7-17/h3-15,21H,1H3/t21-/m0/s1. The molecule has 0 bridgehead atoms. The molecule has 0 fully saturated rings. The highest BCUT2D eigenvalue weighted by atomic mass is 32.2. The maximum absolute atomic E-state index is 12.8. The van der Waals surface area contributed by atoms with Crippen molar-refractivity contribution in [3.05, 3.63) is 101 Å². The lowest BCUT2D eigenvalue weighted by Gasteiger charge is -2.09. The molecule has 0 aliphatic heterocycles. The van der Waals surface area contributed by atoms with Crippen molar-refractivity contribution in [2.24, 2.45) is 0 Å². The Balaban J connectivity index is 1.96. The Hall–Kier alpha value is -2.90. The molecule has 0 aliphatic carbocycles. The molecule has 3 aromatic rings. The van der Waals surface area contributed by atoms with Crippen molar-refractivity contribution >= 4 is 9.84 Å². The van der Waals surface area contributed by atoms with Crippen LogP contribution in [0.15, 0.2) is 83.8 Å². The Bertz CT molecular complexity index is 1000. The van der Waals surface area contributed by atoms with E-state index in [9.17, 15) is 8.42 Å². The molecule has 0 radical (unpaired) electrons. The minimum Gasteiger partial charge on any atom is -0.291 e. The third kappa shape index (κ3) is 3.47. The molecule has 0 N–H and O–H groups in total. The van der Waals surface area contributed by atoms with E-state index in [1.54, 1.807) is 36.4 Å². The van der Waals surface area contributed by atoms with E-state index in [2.05, 4.69) is 4.85 Å². The van der Waals surface area contributed by atoms with Crippen molar-refractivity contribution in [3.8, 4) is 11.1 Å². The summed E-state index contributed by atoms with van der Waals surface area (Å²) in [5, 5.41) is -1.24. The average Bonchev–Trinajstić information content (AvgIpc) is 2.64. The lowest BCUT2D eigenvalue weighted by atomic mass is 10.0. The molecule has 25 heavy (non-hydrogen) atoms. The van der Waals surface area contributed by atoms with Crippen LogP contribution < -0.4 is 0 Å². The second-order valence-corrected chi connectivity index (χ2v) is 7.84. The minimum absolute atomic E-state index is 0.172. The van der Waals surface area contributed by atoms with Gasteiger partial charge >= 0.3 is 5.37 Å². The number of rotatable bonds is 4. The fraction of sp³-hybridized carbons (Fsp3) is 0.0952.